The number of carbonyl (C=O) groups is 2. The van der Waals surface area contributed by atoms with Crippen LogP contribution in [-0.2, 0) is 16.1 Å². The van der Waals surface area contributed by atoms with E-state index in [9.17, 15) is 9.59 Å². The zero-order valence-corrected chi connectivity index (χ0v) is 16.4. The van der Waals surface area contributed by atoms with E-state index in [0.29, 0.717) is 12.5 Å². The molecule has 0 radical (unpaired) electrons. The summed E-state index contributed by atoms with van der Waals surface area (Å²) in [6, 6.07) is 15.2. The number of rotatable bonds is 7. The SMILES string of the molecule is CNC(=O)COC(=O)NCCC1CCN(Cc2ccc3ccccc3c2)CC1. The van der Waals surface area contributed by atoms with Gasteiger partial charge in [-0.05, 0) is 60.7 Å². The third kappa shape index (κ3) is 5.96. The summed E-state index contributed by atoms with van der Waals surface area (Å²) < 4.78 is 4.83. The van der Waals surface area contributed by atoms with Crippen molar-refractivity contribution >= 4 is 22.8 Å². The minimum absolute atomic E-state index is 0.241. The standard InChI is InChI=1S/C22H29N3O3/c1-23-21(26)16-28-22(27)24-11-8-17-9-12-25(13-10-17)15-18-6-7-19-4-2-3-5-20(19)14-18/h2-7,14,17H,8-13,15-16H2,1H3,(H,23,26)(H,24,27). The van der Waals surface area contributed by atoms with Gasteiger partial charge in [0.1, 0.15) is 0 Å². The van der Waals surface area contributed by atoms with Crippen molar-refractivity contribution in [2.45, 2.75) is 25.8 Å². The predicted molar refractivity (Wildman–Crippen MR) is 110 cm³/mol. The number of amides is 2. The Morgan fingerprint density at radius 1 is 1.11 bits per heavy atom. The predicted octanol–water partition coefficient (Wildman–Crippen LogP) is 2.91. The quantitative estimate of drug-likeness (QED) is 0.771. The molecule has 0 atom stereocenters. The molecule has 1 aliphatic rings. The lowest BCUT2D eigenvalue weighted by molar-refractivity contribution is -0.123. The fourth-order valence-electron chi connectivity index (χ4n) is 3.66. The summed E-state index contributed by atoms with van der Waals surface area (Å²) in [7, 11) is 1.51. The van der Waals surface area contributed by atoms with Crippen molar-refractivity contribution in [3.8, 4) is 0 Å². The number of fused-ring (bicyclic) bond motifs is 1. The van der Waals surface area contributed by atoms with Crippen molar-refractivity contribution in [2.75, 3.05) is 33.3 Å². The number of carbonyl (C=O) groups excluding carboxylic acids is 2. The average Bonchev–Trinajstić information content (AvgIpc) is 2.73. The van der Waals surface area contributed by atoms with Crippen molar-refractivity contribution in [2.24, 2.45) is 5.92 Å². The Hall–Kier alpha value is -2.60. The summed E-state index contributed by atoms with van der Waals surface area (Å²) in [6.45, 7) is 3.50. The molecule has 0 bridgehead atoms. The minimum atomic E-state index is -0.530. The van der Waals surface area contributed by atoms with Crippen molar-refractivity contribution in [3.05, 3.63) is 48.0 Å². The van der Waals surface area contributed by atoms with Crippen LogP contribution >= 0.6 is 0 Å². The molecule has 0 aliphatic carbocycles. The normalized spacial score (nSPS) is 15.3. The maximum Gasteiger partial charge on any atom is 0.407 e. The van der Waals surface area contributed by atoms with Crippen LogP contribution in [0.5, 0.6) is 0 Å². The van der Waals surface area contributed by atoms with Gasteiger partial charge < -0.3 is 15.4 Å². The van der Waals surface area contributed by atoms with E-state index >= 15 is 0 Å². The fourth-order valence-corrected chi connectivity index (χ4v) is 3.66. The highest BCUT2D eigenvalue weighted by atomic mass is 16.6. The van der Waals surface area contributed by atoms with E-state index in [1.807, 2.05) is 0 Å². The van der Waals surface area contributed by atoms with Crippen LogP contribution in [0.2, 0.25) is 0 Å². The number of ether oxygens (including phenoxy) is 1. The second kappa shape index (κ2) is 10.1. The molecule has 2 aromatic rings. The van der Waals surface area contributed by atoms with Gasteiger partial charge in [0, 0.05) is 20.1 Å². The molecule has 6 heteroatoms. The van der Waals surface area contributed by atoms with E-state index in [-0.39, 0.29) is 12.5 Å². The van der Waals surface area contributed by atoms with Crippen molar-refractivity contribution in [1.29, 1.82) is 0 Å². The van der Waals surface area contributed by atoms with E-state index in [1.54, 1.807) is 0 Å². The van der Waals surface area contributed by atoms with Crippen LogP contribution in [0.4, 0.5) is 4.79 Å². The molecular formula is C22H29N3O3. The fraction of sp³-hybridized carbons (Fsp3) is 0.455. The Balaban J connectivity index is 1.35. The molecule has 2 amide bonds. The van der Waals surface area contributed by atoms with Crippen molar-refractivity contribution < 1.29 is 14.3 Å². The first kappa shape index (κ1) is 20.1. The maximum atomic E-state index is 11.5. The van der Waals surface area contributed by atoms with E-state index < -0.39 is 6.09 Å². The number of likely N-dealkylation sites (tertiary alicyclic amines) is 1. The minimum Gasteiger partial charge on any atom is -0.439 e. The molecule has 6 nitrogen and oxygen atoms in total. The Morgan fingerprint density at radius 3 is 2.61 bits per heavy atom. The maximum absolute atomic E-state index is 11.5. The zero-order chi connectivity index (χ0) is 19.8. The molecule has 2 N–H and O–H groups in total. The molecule has 1 fully saturated rings. The average molecular weight is 383 g/mol. The van der Waals surface area contributed by atoms with Gasteiger partial charge in [0.05, 0.1) is 0 Å². The van der Waals surface area contributed by atoms with Gasteiger partial charge in [-0.1, -0.05) is 36.4 Å². The number of benzene rings is 2. The van der Waals surface area contributed by atoms with E-state index in [2.05, 4.69) is 58.0 Å². The number of nitrogens with zero attached hydrogens (tertiary/aromatic N) is 1. The zero-order valence-electron chi connectivity index (χ0n) is 16.4. The van der Waals surface area contributed by atoms with Crippen LogP contribution in [0, 0.1) is 5.92 Å². The summed E-state index contributed by atoms with van der Waals surface area (Å²) in [5.74, 6) is 0.307. The molecule has 0 unspecified atom stereocenters. The lowest BCUT2D eigenvalue weighted by atomic mass is 9.93. The van der Waals surface area contributed by atoms with Crippen molar-refractivity contribution in [1.82, 2.24) is 15.5 Å². The summed E-state index contributed by atoms with van der Waals surface area (Å²) in [4.78, 5) is 25.1. The molecular weight excluding hydrogens is 354 g/mol. The number of alkyl carbamates (subject to hydrolysis) is 1. The van der Waals surface area contributed by atoms with Crippen molar-refractivity contribution in [3.63, 3.8) is 0 Å². The summed E-state index contributed by atoms with van der Waals surface area (Å²) in [5.41, 5.74) is 1.36. The highest BCUT2D eigenvalue weighted by molar-refractivity contribution is 5.83. The van der Waals surface area contributed by atoms with Crippen LogP contribution < -0.4 is 10.6 Å². The summed E-state index contributed by atoms with van der Waals surface area (Å²) in [5, 5.41) is 7.71. The second-order valence-electron chi connectivity index (χ2n) is 7.37. The Bertz CT molecular complexity index is 800. The van der Waals surface area contributed by atoms with Crippen LogP contribution in [0.3, 0.4) is 0 Å². The van der Waals surface area contributed by atoms with Gasteiger partial charge in [0.25, 0.3) is 5.91 Å². The number of nitrogens with one attached hydrogen (secondary N) is 2. The molecule has 1 saturated heterocycles. The molecule has 28 heavy (non-hydrogen) atoms. The molecule has 150 valence electrons. The Labute approximate surface area is 166 Å². The lowest BCUT2D eigenvalue weighted by Gasteiger charge is -2.32. The first-order valence-corrected chi connectivity index (χ1v) is 9.95. The van der Waals surface area contributed by atoms with Gasteiger partial charge >= 0.3 is 6.09 Å². The first-order chi connectivity index (χ1) is 13.6. The third-order valence-corrected chi connectivity index (χ3v) is 5.36. The molecule has 0 spiro atoms. The Kier molecular flexibility index (Phi) is 7.25. The molecule has 1 aliphatic heterocycles. The monoisotopic (exact) mass is 383 g/mol. The third-order valence-electron chi connectivity index (χ3n) is 5.36. The Morgan fingerprint density at radius 2 is 1.86 bits per heavy atom. The first-order valence-electron chi connectivity index (χ1n) is 9.95. The van der Waals surface area contributed by atoms with Crippen LogP contribution in [-0.4, -0.2) is 50.2 Å². The van der Waals surface area contributed by atoms with Gasteiger partial charge in [-0.25, -0.2) is 4.79 Å². The van der Waals surface area contributed by atoms with Gasteiger partial charge in [-0.2, -0.15) is 0 Å². The lowest BCUT2D eigenvalue weighted by Crippen LogP contribution is -2.35. The van der Waals surface area contributed by atoms with Gasteiger partial charge in [-0.15, -0.1) is 0 Å². The number of hydrogen-bond acceptors (Lipinski definition) is 4. The van der Waals surface area contributed by atoms with E-state index in [4.69, 9.17) is 4.74 Å². The van der Waals surface area contributed by atoms with Gasteiger partial charge in [0.15, 0.2) is 6.61 Å². The number of piperidine rings is 1. The number of hydrogen-bond donors (Lipinski definition) is 2. The number of likely N-dealkylation sites (N-methyl/N-ethyl adjacent to an activating group) is 1. The molecule has 0 saturated carbocycles. The topological polar surface area (TPSA) is 70.7 Å². The van der Waals surface area contributed by atoms with Crippen LogP contribution in [0.15, 0.2) is 42.5 Å². The van der Waals surface area contributed by atoms with Gasteiger partial charge in [0.2, 0.25) is 0 Å². The molecule has 0 aromatic heterocycles. The van der Waals surface area contributed by atoms with E-state index in [0.717, 1.165) is 38.9 Å². The highest BCUT2D eigenvalue weighted by Gasteiger charge is 2.19. The van der Waals surface area contributed by atoms with Gasteiger partial charge in [-0.3, -0.25) is 9.69 Å². The molecule has 2 aromatic carbocycles. The molecule has 1 heterocycles. The second-order valence-corrected chi connectivity index (χ2v) is 7.37. The largest absolute Gasteiger partial charge is 0.439 e. The summed E-state index contributed by atoms with van der Waals surface area (Å²) >= 11 is 0. The van der Waals surface area contributed by atoms with Crippen LogP contribution in [0.25, 0.3) is 10.8 Å². The highest BCUT2D eigenvalue weighted by Crippen LogP contribution is 2.23. The smallest absolute Gasteiger partial charge is 0.407 e. The summed E-state index contributed by atoms with van der Waals surface area (Å²) in [6.07, 6.45) is 2.70. The van der Waals surface area contributed by atoms with E-state index in [1.165, 1.54) is 23.4 Å². The molecule has 3 rings (SSSR count). The van der Waals surface area contributed by atoms with Crippen LogP contribution in [0.1, 0.15) is 24.8 Å².